The Hall–Kier alpha value is -2.47. The number of fused-ring (bicyclic) bond motifs is 1. The molecule has 0 unspecified atom stereocenters. The molecular formula is C16H9ClF3NO2. The molecule has 0 amide bonds. The summed E-state index contributed by atoms with van der Waals surface area (Å²) in [6.07, 6.45) is -4.65. The van der Waals surface area contributed by atoms with E-state index in [-0.39, 0.29) is 15.9 Å². The maximum atomic E-state index is 13.3. The van der Waals surface area contributed by atoms with Crippen molar-refractivity contribution in [1.82, 2.24) is 4.98 Å². The van der Waals surface area contributed by atoms with Crippen LogP contribution in [-0.2, 0) is 6.18 Å². The Bertz CT molecular complexity index is 901. The highest BCUT2D eigenvalue weighted by molar-refractivity contribution is 6.38. The number of hydrogen-bond acceptors (Lipinski definition) is 1. The monoisotopic (exact) mass is 339 g/mol. The Kier molecular flexibility index (Phi) is 3.56. The number of carbonyl (C=O) groups is 1. The van der Waals surface area contributed by atoms with E-state index in [1.54, 1.807) is 30.3 Å². The van der Waals surface area contributed by atoms with Crippen LogP contribution in [0.5, 0.6) is 0 Å². The third-order valence-corrected chi connectivity index (χ3v) is 3.86. The highest BCUT2D eigenvalue weighted by Crippen LogP contribution is 2.40. The molecule has 7 heteroatoms. The molecule has 118 valence electrons. The van der Waals surface area contributed by atoms with Gasteiger partial charge >= 0.3 is 12.1 Å². The molecule has 0 aliphatic rings. The number of alkyl halides is 3. The molecule has 3 aromatic rings. The fourth-order valence-electron chi connectivity index (χ4n) is 2.43. The van der Waals surface area contributed by atoms with Crippen LogP contribution in [0.1, 0.15) is 16.1 Å². The Morgan fingerprint density at radius 3 is 2.30 bits per heavy atom. The third kappa shape index (κ3) is 2.66. The number of halogens is 4. The van der Waals surface area contributed by atoms with Crippen molar-refractivity contribution >= 4 is 28.5 Å². The zero-order chi connectivity index (χ0) is 16.8. The largest absolute Gasteiger partial charge is 0.477 e. The molecule has 23 heavy (non-hydrogen) atoms. The normalized spacial score (nSPS) is 11.8. The summed E-state index contributed by atoms with van der Waals surface area (Å²) >= 11 is 5.95. The van der Waals surface area contributed by atoms with Crippen molar-refractivity contribution < 1.29 is 23.1 Å². The number of aromatic carboxylic acids is 1. The first-order valence-corrected chi connectivity index (χ1v) is 6.88. The average Bonchev–Trinajstić information content (AvgIpc) is 2.84. The van der Waals surface area contributed by atoms with Crippen LogP contribution < -0.4 is 0 Å². The smallest absolute Gasteiger partial charge is 0.418 e. The standard InChI is InChI=1S/C16H9ClF3NO2/c17-12-10-6-9(8-4-2-1-3-5-8)7-11(16(18,19)20)13(10)21-14(12)15(22)23/h1-7,21H,(H,22,23). The first-order chi connectivity index (χ1) is 10.8. The second-order valence-corrected chi connectivity index (χ2v) is 5.31. The van der Waals surface area contributed by atoms with E-state index in [9.17, 15) is 18.0 Å². The van der Waals surface area contributed by atoms with Gasteiger partial charge in [0.25, 0.3) is 0 Å². The van der Waals surface area contributed by atoms with Gasteiger partial charge in [0, 0.05) is 5.39 Å². The van der Waals surface area contributed by atoms with Gasteiger partial charge in [0.05, 0.1) is 16.1 Å². The molecule has 0 fully saturated rings. The number of carboxylic acids is 1. The van der Waals surface area contributed by atoms with Gasteiger partial charge in [0.15, 0.2) is 0 Å². The number of carboxylic acid groups (broad SMARTS) is 1. The fourth-order valence-corrected chi connectivity index (χ4v) is 2.71. The maximum Gasteiger partial charge on any atom is 0.418 e. The summed E-state index contributed by atoms with van der Waals surface area (Å²) in [6.45, 7) is 0. The predicted molar refractivity (Wildman–Crippen MR) is 80.7 cm³/mol. The Morgan fingerprint density at radius 1 is 1.09 bits per heavy atom. The Labute approximate surface area is 133 Å². The van der Waals surface area contributed by atoms with Crippen molar-refractivity contribution in [2.45, 2.75) is 6.18 Å². The molecule has 3 rings (SSSR count). The summed E-state index contributed by atoms with van der Waals surface area (Å²) < 4.78 is 40.0. The van der Waals surface area contributed by atoms with Gasteiger partial charge in [0.2, 0.25) is 0 Å². The van der Waals surface area contributed by atoms with Gasteiger partial charge in [-0.2, -0.15) is 13.2 Å². The zero-order valence-electron chi connectivity index (χ0n) is 11.4. The number of aromatic nitrogens is 1. The van der Waals surface area contributed by atoms with Crippen molar-refractivity contribution in [3.8, 4) is 11.1 Å². The minimum Gasteiger partial charge on any atom is -0.477 e. The van der Waals surface area contributed by atoms with Crippen molar-refractivity contribution in [2.75, 3.05) is 0 Å². The number of benzene rings is 2. The van der Waals surface area contributed by atoms with Crippen LogP contribution in [0, 0.1) is 0 Å². The minimum absolute atomic E-state index is 0.0257. The molecule has 0 aliphatic carbocycles. The van der Waals surface area contributed by atoms with E-state index < -0.39 is 23.4 Å². The molecule has 3 nitrogen and oxygen atoms in total. The zero-order valence-corrected chi connectivity index (χ0v) is 12.2. The molecule has 1 aromatic heterocycles. The SMILES string of the molecule is O=C(O)c1[nH]c2c(C(F)(F)F)cc(-c3ccccc3)cc2c1Cl. The lowest BCUT2D eigenvalue weighted by Gasteiger charge is -2.11. The predicted octanol–water partition coefficient (Wildman–Crippen LogP) is 5.21. The quantitative estimate of drug-likeness (QED) is 0.673. The number of nitrogens with one attached hydrogen (secondary N) is 1. The second kappa shape index (κ2) is 5.31. The van der Waals surface area contributed by atoms with Crippen LogP contribution in [0.15, 0.2) is 42.5 Å². The van der Waals surface area contributed by atoms with E-state index in [2.05, 4.69) is 4.98 Å². The first kappa shape index (κ1) is 15.4. The van der Waals surface area contributed by atoms with Crippen molar-refractivity contribution in [2.24, 2.45) is 0 Å². The molecule has 0 atom stereocenters. The van der Waals surface area contributed by atoms with E-state index in [1.165, 1.54) is 6.07 Å². The van der Waals surface area contributed by atoms with Crippen LogP contribution in [0.3, 0.4) is 0 Å². The third-order valence-electron chi connectivity index (χ3n) is 3.47. The molecule has 0 saturated heterocycles. The van der Waals surface area contributed by atoms with Crippen molar-refractivity contribution in [1.29, 1.82) is 0 Å². The summed E-state index contributed by atoms with van der Waals surface area (Å²) in [6, 6.07) is 10.9. The lowest BCUT2D eigenvalue weighted by atomic mass is 10.00. The van der Waals surface area contributed by atoms with Crippen LogP contribution >= 0.6 is 11.6 Å². The van der Waals surface area contributed by atoms with Crippen LogP contribution in [0.4, 0.5) is 13.2 Å². The molecule has 0 saturated carbocycles. The lowest BCUT2D eigenvalue weighted by molar-refractivity contribution is -0.136. The van der Waals surface area contributed by atoms with Gasteiger partial charge < -0.3 is 10.1 Å². The summed E-state index contributed by atoms with van der Waals surface area (Å²) in [5.74, 6) is -1.42. The van der Waals surface area contributed by atoms with Crippen molar-refractivity contribution in [3.05, 3.63) is 58.7 Å². The Balaban J connectivity index is 2.38. The molecule has 0 aliphatic heterocycles. The molecular weight excluding hydrogens is 331 g/mol. The number of rotatable bonds is 2. The van der Waals surface area contributed by atoms with E-state index >= 15 is 0 Å². The van der Waals surface area contributed by atoms with E-state index in [0.29, 0.717) is 11.1 Å². The highest BCUT2D eigenvalue weighted by Gasteiger charge is 2.35. The minimum atomic E-state index is -4.65. The average molecular weight is 340 g/mol. The van der Waals surface area contributed by atoms with Gasteiger partial charge in [-0.05, 0) is 23.3 Å². The lowest BCUT2D eigenvalue weighted by Crippen LogP contribution is -2.06. The molecule has 2 N–H and O–H groups in total. The van der Waals surface area contributed by atoms with Crippen LogP contribution in [-0.4, -0.2) is 16.1 Å². The van der Waals surface area contributed by atoms with Gasteiger partial charge in [0.1, 0.15) is 5.69 Å². The Morgan fingerprint density at radius 2 is 1.74 bits per heavy atom. The highest BCUT2D eigenvalue weighted by atomic mass is 35.5. The van der Waals surface area contributed by atoms with E-state index in [1.807, 2.05) is 0 Å². The molecule has 0 bridgehead atoms. The molecule has 2 aromatic carbocycles. The topological polar surface area (TPSA) is 53.1 Å². The fraction of sp³-hybridized carbons (Fsp3) is 0.0625. The molecule has 0 radical (unpaired) electrons. The summed E-state index contributed by atoms with van der Waals surface area (Å²) in [5, 5.41) is 8.84. The number of hydrogen-bond donors (Lipinski definition) is 2. The van der Waals surface area contributed by atoms with E-state index in [0.717, 1.165) is 6.07 Å². The van der Waals surface area contributed by atoms with Gasteiger partial charge in [-0.3, -0.25) is 0 Å². The second-order valence-electron chi connectivity index (χ2n) is 4.93. The van der Waals surface area contributed by atoms with Crippen LogP contribution in [0.2, 0.25) is 5.02 Å². The summed E-state index contributed by atoms with van der Waals surface area (Å²) in [7, 11) is 0. The van der Waals surface area contributed by atoms with Crippen molar-refractivity contribution in [3.63, 3.8) is 0 Å². The van der Waals surface area contributed by atoms with E-state index in [4.69, 9.17) is 16.7 Å². The first-order valence-electron chi connectivity index (χ1n) is 6.50. The number of H-pyrrole nitrogens is 1. The van der Waals surface area contributed by atoms with Crippen LogP contribution in [0.25, 0.3) is 22.0 Å². The van der Waals surface area contributed by atoms with Gasteiger partial charge in [-0.25, -0.2) is 4.79 Å². The molecule has 1 heterocycles. The summed E-state index contributed by atoms with van der Waals surface area (Å²) in [5.41, 5.74) is -0.863. The summed E-state index contributed by atoms with van der Waals surface area (Å²) in [4.78, 5) is 13.4. The van der Waals surface area contributed by atoms with Gasteiger partial charge in [-0.15, -0.1) is 0 Å². The number of aromatic amines is 1. The van der Waals surface area contributed by atoms with Gasteiger partial charge in [-0.1, -0.05) is 41.9 Å². The maximum absolute atomic E-state index is 13.3. The molecule has 0 spiro atoms.